The molecule has 0 bridgehead atoms. The maximum Gasteiger partial charge on any atom is 0.246 e. The molecule has 6 nitrogen and oxygen atoms in total. The summed E-state index contributed by atoms with van der Waals surface area (Å²) in [7, 11) is 0. The maximum atomic E-state index is 5.53. The van der Waals surface area contributed by atoms with Gasteiger partial charge < -0.3 is 9.26 Å². The highest BCUT2D eigenvalue weighted by Crippen LogP contribution is 2.25. The summed E-state index contributed by atoms with van der Waals surface area (Å²) >= 11 is 1.69. The SMILES string of the molecule is Cc1csc(CN2CCOC[C@H]2c2nc(C)no2)n1. The number of morpholine rings is 1. The van der Waals surface area contributed by atoms with E-state index in [1.165, 1.54) is 0 Å². The Morgan fingerprint density at radius 2 is 2.32 bits per heavy atom. The number of ether oxygens (including phenoxy) is 1. The minimum atomic E-state index is 0.0270. The van der Waals surface area contributed by atoms with E-state index in [1.807, 2.05) is 13.8 Å². The Kier molecular flexibility index (Phi) is 3.58. The number of hydrogen-bond donors (Lipinski definition) is 0. The van der Waals surface area contributed by atoms with Crippen molar-refractivity contribution in [3.05, 3.63) is 27.8 Å². The molecule has 0 amide bonds. The van der Waals surface area contributed by atoms with E-state index in [0.717, 1.165) is 30.4 Å². The van der Waals surface area contributed by atoms with Crippen LogP contribution in [0, 0.1) is 13.8 Å². The highest BCUT2D eigenvalue weighted by molar-refractivity contribution is 7.09. The Morgan fingerprint density at radius 1 is 1.42 bits per heavy atom. The lowest BCUT2D eigenvalue weighted by molar-refractivity contribution is -0.0241. The predicted molar refractivity (Wildman–Crippen MR) is 69.9 cm³/mol. The van der Waals surface area contributed by atoms with Gasteiger partial charge in [-0.2, -0.15) is 4.98 Å². The lowest BCUT2D eigenvalue weighted by Gasteiger charge is -2.32. The normalized spacial score (nSPS) is 20.8. The van der Waals surface area contributed by atoms with E-state index >= 15 is 0 Å². The van der Waals surface area contributed by atoms with E-state index in [-0.39, 0.29) is 6.04 Å². The quantitative estimate of drug-likeness (QED) is 0.853. The number of nitrogens with zero attached hydrogens (tertiary/aromatic N) is 4. The van der Waals surface area contributed by atoms with E-state index < -0.39 is 0 Å². The smallest absolute Gasteiger partial charge is 0.246 e. The van der Waals surface area contributed by atoms with Gasteiger partial charge in [-0.15, -0.1) is 11.3 Å². The molecule has 0 aromatic carbocycles. The van der Waals surface area contributed by atoms with Crippen LogP contribution in [-0.2, 0) is 11.3 Å². The fourth-order valence-electron chi connectivity index (χ4n) is 2.15. The van der Waals surface area contributed by atoms with Crippen molar-refractivity contribution >= 4 is 11.3 Å². The second-order valence-electron chi connectivity index (χ2n) is 4.62. The molecule has 7 heteroatoms. The van der Waals surface area contributed by atoms with Crippen molar-refractivity contribution < 1.29 is 9.26 Å². The third-order valence-electron chi connectivity index (χ3n) is 3.07. The van der Waals surface area contributed by atoms with Gasteiger partial charge in [0.25, 0.3) is 0 Å². The number of hydrogen-bond acceptors (Lipinski definition) is 7. The van der Waals surface area contributed by atoms with Crippen LogP contribution < -0.4 is 0 Å². The van der Waals surface area contributed by atoms with Gasteiger partial charge in [0.1, 0.15) is 11.0 Å². The number of rotatable bonds is 3. The zero-order valence-electron chi connectivity index (χ0n) is 11.0. The monoisotopic (exact) mass is 280 g/mol. The Labute approximate surface area is 115 Å². The van der Waals surface area contributed by atoms with Crippen LogP contribution >= 0.6 is 11.3 Å². The van der Waals surface area contributed by atoms with E-state index in [0.29, 0.717) is 18.3 Å². The second kappa shape index (κ2) is 5.36. The largest absolute Gasteiger partial charge is 0.378 e. The van der Waals surface area contributed by atoms with Crippen molar-refractivity contribution in [2.75, 3.05) is 19.8 Å². The van der Waals surface area contributed by atoms with Gasteiger partial charge in [-0.3, -0.25) is 4.90 Å². The lowest BCUT2D eigenvalue weighted by Crippen LogP contribution is -2.39. The molecule has 1 aliphatic rings. The first-order valence-corrected chi connectivity index (χ1v) is 7.13. The van der Waals surface area contributed by atoms with Crippen LogP contribution in [0.15, 0.2) is 9.90 Å². The summed E-state index contributed by atoms with van der Waals surface area (Å²) in [5, 5.41) is 7.04. The predicted octanol–water partition coefficient (Wildman–Crippen LogP) is 1.72. The molecule has 0 N–H and O–H groups in total. The molecule has 0 unspecified atom stereocenters. The van der Waals surface area contributed by atoms with Crippen LogP contribution in [0.5, 0.6) is 0 Å². The van der Waals surface area contributed by atoms with E-state index in [1.54, 1.807) is 11.3 Å². The van der Waals surface area contributed by atoms with Gasteiger partial charge in [0.15, 0.2) is 5.82 Å². The molecule has 2 aromatic rings. The van der Waals surface area contributed by atoms with Gasteiger partial charge in [0.2, 0.25) is 5.89 Å². The maximum absolute atomic E-state index is 5.53. The van der Waals surface area contributed by atoms with Crippen LogP contribution in [0.25, 0.3) is 0 Å². The van der Waals surface area contributed by atoms with E-state index in [2.05, 4.69) is 25.4 Å². The average molecular weight is 280 g/mol. The molecule has 0 saturated carbocycles. The highest BCUT2D eigenvalue weighted by atomic mass is 32.1. The van der Waals surface area contributed by atoms with Gasteiger partial charge in [-0.25, -0.2) is 4.98 Å². The van der Waals surface area contributed by atoms with Gasteiger partial charge in [-0.1, -0.05) is 5.16 Å². The summed E-state index contributed by atoms with van der Waals surface area (Å²) in [5.41, 5.74) is 1.07. The molecule has 3 heterocycles. The summed E-state index contributed by atoms with van der Waals surface area (Å²) in [5.74, 6) is 1.29. The molecule has 1 fully saturated rings. The lowest BCUT2D eigenvalue weighted by atomic mass is 10.2. The minimum Gasteiger partial charge on any atom is -0.378 e. The summed E-state index contributed by atoms with van der Waals surface area (Å²) in [6.07, 6.45) is 0. The first-order valence-electron chi connectivity index (χ1n) is 6.25. The molecule has 3 rings (SSSR count). The van der Waals surface area contributed by atoms with E-state index in [4.69, 9.17) is 9.26 Å². The molecular weight excluding hydrogens is 264 g/mol. The first kappa shape index (κ1) is 12.7. The summed E-state index contributed by atoms with van der Waals surface area (Å²) in [6, 6.07) is 0.0270. The van der Waals surface area contributed by atoms with E-state index in [9.17, 15) is 0 Å². The second-order valence-corrected chi connectivity index (χ2v) is 5.57. The van der Waals surface area contributed by atoms with Gasteiger partial charge in [-0.05, 0) is 13.8 Å². The topological polar surface area (TPSA) is 64.3 Å². The Hall–Kier alpha value is -1.31. The van der Waals surface area contributed by atoms with Gasteiger partial charge in [0, 0.05) is 17.6 Å². The Bertz CT molecular complexity index is 553. The van der Waals surface area contributed by atoms with Crippen LogP contribution in [0.1, 0.15) is 28.5 Å². The van der Waals surface area contributed by atoms with Crippen molar-refractivity contribution in [2.45, 2.75) is 26.4 Å². The van der Waals surface area contributed by atoms with Crippen LogP contribution in [-0.4, -0.2) is 39.8 Å². The summed E-state index contributed by atoms with van der Waals surface area (Å²) in [6.45, 7) is 6.81. The summed E-state index contributed by atoms with van der Waals surface area (Å²) in [4.78, 5) is 11.1. The van der Waals surface area contributed by atoms with Crippen molar-refractivity contribution in [1.29, 1.82) is 0 Å². The molecule has 0 aliphatic carbocycles. The van der Waals surface area contributed by atoms with Gasteiger partial charge >= 0.3 is 0 Å². The van der Waals surface area contributed by atoms with Crippen molar-refractivity contribution in [2.24, 2.45) is 0 Å². The molecular formula is C12H16N4O2S. The molecule has 0 spiro atoms. The standard InChI is InChI=1S/C12H16N4O2S/c1-8-7-19-11(13-8)5-16-3-4-17-6-10(16)12-14-9(2)15-18-12/h7,10H,3-6H2,1-2H3/t10-/m0/s1. The Morgan fingerprint density at radius 3 is 3.00 bits per heavy atom. The van der Waals surface area contributed by atoms with Crippen molar-refractivity contribution in [3.8, 4) is 0 Å². The molecule has 1 aliphatic heterocycles. The fourth-order valence-corrected chi connectivity index (χ4v) is 2.95. The molecule has 19 heavy (non-hydrogen) atoms. The van der Waals surface area contributed by atoms with Gasteiger partial charge in [0.05, 0.1) is 19.8 Å². The molecule has 2 aromatic heterocycles. The van der Waals surface area contributed by atoms with Crippen LogP contribution in [0.4, 0.5) is 0 Å². The third kappa shape index (κ3) is 2.83. The van der Waals surface area contributed by atoms with Crippen LogP contribution in [0.3, 0.4) is 0 Å². The average Bonchev–Trinajstić information content (AvgIpc) is 2.99. The zero-order chi connectivity index (χ0) is 13.2. The van der Waals surface area contributed by atoms with Crippen molar-refractivity contribution in [1.82, 2.24) is 20.0 Å². The Balaban J connectivity index is 1.77. The van der Waals surface area contributed by atoms with Crippen molar-refractivity contribution in [3.63, 3.8) is 0 Å². The number of aromatic nitrogens is 3. The number of aryl methyl sites for hydroxylation is 2. The number of thiazole rings is 1. The van der Waals surface area contributed by atoms with Crippen LogP contribution in [0.2, 0.25) is 0 Å². The molecule has 0 radical (unpaired) electrons. The fraction of sp³-hybridized carbons (Fsp3) is 0.583. The summed E-state index contributed by atoms with van der Waals surface area (Å²) < 4.78 is 10.8. The molecule has 102 valence electrons. The third-order valence-corrected chi connectivity index (χ3v) is 4.02. The highest BCUT2D eigenvalue weighted by Gasteiger charge is 2.29. The molecule has 1 saturated heterocycles. The zero-order valence-corrected chi connectivity index (χ0v) is 11.8. The minimum absolute atomic E-state index is 0.0270. The molecule has 1 atom stereocenters. The first-order chi connectivity index (χ1) is 9.22.